The molecule has 0 saturated carbocycles. The third-order valence-electron chi connectivity index (χ3n) is 2.06. The summed E-state index contributed by atoms with van der Waals surface area (Å²) in [7, 11) is 1.55. The van der Waals surface area contributed by atoms with Gasteiger partial charge in [-0.2, -0.15) is 5.26 Å². The SMILES string of the molecule is COc1cccc(C#N)c1NCC(C)(C)O. The van der Waals surface area contributed by atoms with Gasteiger partial charge in [-0.25, -0.2) is 0 Å². The third kappa shape index (κ3) is 3.14. The van der Waals surface area contributed by atoms with E-state index in [9.17, 15) is 5.11 Å². The fourth-order valence-electron chi connectivity index (χ4n) is 1.28. The van der Waals surface area contributed by atoms with Gasteiger partial charge in [-0.1, -0.05) is 6.07 Å². The van der Waals surface area contributed by atoms with E-state index in [4.69, 9.17) is 10.00 Å². The van der Waals surface area contributed by atoms with E-state index in [0.717, 1.165) is 0 Å². The van der Waals surface area contributed by atoms with Crippen molar-refractivity contribution in [2.75, 3.05) is 19.0 Å². The molecule has 86 valence electrons. The minimum Gasteiger partial charge on any atom is -0.495 e. The summed E-state index contributed by atoms with van der Waals surface area (Å²) in [5.74, 6) is 0.600. The highest BCUT2D eigenvalue weighted by Crippen LogP contribution is 2.28. The summed E-state index contributed by atoms with van der Waals surface area (Å²) in [4.78, 5) is 0. The quantitative estimate of drug-likeness (QED) is 0.811. The lowest BCUT2D eigenvalue weighted by atomic mass is 10.1. The van der Waals surface area contributed by atoms with Crippen LogP contribution < -0.4 is 10.1 Å². The van der Waals surface area contributed by atoms with Crippen LogP contribution in [0.2, 0.25) is 0 Å². The lowest BCUT2D eigenvalue weighted by Crippen LogP contribution is -2.29. The van der Waals surface area contributed by atoms with Gasteiger partial charge in [-0.15, -0.1) is 0 Å². The Morgan fingerprint density at radius 3 is 2.69 bits per heavy atom. The second-order valence-electron chi connectivity index (χ2n) is 4.16. The summed E-state index contributed by atoms with van der Waals surface area (Å²) in [6.07, 6.45) is 0. The van der Waals surface area contributed by atoms with Crippen LogP contribution in [-0.4, -0.2) is 24.4 Å². The Morgan fingerprint density at radius 1 is 1.50 bits per heavy atom. The van der Waals surface area contributed by atoms with Gasteiger partial charge in [0.15, 0.2) is 0 Å². The number of hydrogen-bond acceptors (Lipinski definition) is 4. The van der Waals surface area contributed by atoms with Gasteiger partial charge in [0.05, 0.1) is 24.0 Å². The summed E-state index contributed by atoms with van der Waals surface area (Å²) in [6, 6.07) is 7.31. The summed E-state index contributed by atoms with van der Waals surface area (Å²) < 4.78 is 5.16. The molecule has 16 heavy (non-hydrogen) atoms. The summed E-state index contributed by atoms with van der Waals surface area (Å²) in [5, 5.41) is 21.6. The van der Waals surface area contributed by atoms with E-state index in [-0.39, 0.29) is 0 Å². The molecule has 0 heterocycles. The molecule has 2 N–H and O–H groups in total. The number of nitriles is 1. The normalized spacial score (nSPS) is 10.7. The van der Waals surface area contributed by atoms with Crippen LogP contribution in [0, 0.1) is 11.3 Å². The van der Waals surface area contributed by atoms with Gasteiger partial charge in [-0.3, -0.25) is 0 Å². The molecular weight excluding hydrogens is 204 g/mol. The number of nitrogens with zero attached hydrogens (tertiary/aromatic N) is 1. The van der Waals surface area contributed by atoms with E-state index < -0.39 is 5.60 Å². The van der Waals surface area contributed by atoms with Crippen LogP contribution in [0.15, 0.2) is 18.2 Å². The molecule has 0 aliphatic carbocycles. The molecule has 0 spiro atoms. The van der Waals surface area contributed by atoms with Crippen molar-refractivity contribution in [3.05, 3.63) is 23.8 Å². The van der Waals surface area contributed by atoms with E-state index in [0.29, 0.717) is 23.5 Å². The summed E-state index contributed by atoms with van der Waals surface area (Å²) in [6.45, 7) is 3.74. The number of rotatable bonds is 4. The van der Waals surface area contributed by atoms with E-state index in [2.05, 4.69) is 11.4 Å². The van der Waals surface area contributed by atoms with E-state index in [1.165, 1.54) is 0 Å². The largest absolute Gasteiger partial charge is 0.495 e. The third-order valence-corrected chi connectivity index (χ3v) is 2.06. The molecule has 0 saturated heterocycles. The van der Waals surface area contributed by atoms with Gasteiger partial charge in [0.25, 0.3) is 0 Å². The number of ether oxygens (including phenoxy) is 1. The van der Waals surface area contributed by atoms with Crippen molar-refractivity contribution in [3.8, 4) is 11.8 Å². The van der Waals surface area contributed by atoms with Crippen LogP contribution in [0.4, 0.5) is 5.69 Å². The highest BCUT2D eigenvalue weighted by atomic mass is 16.5. The maximum Gasteiger partial charge on any atom is 0.143 e. The predicted molar refractivity (Wildman–Crippen MR) is 62.5 cm³/mol. The topological polar surface area (TPSA) is 65.3 Å². The molecule has 4 nitrogen and oxygen atoms in total. The van der Waals surface area contributed by atoms with Crippen LogP contribution in [-0.2, 0) is 0 Å². The maximum atomic E-state index is 9.62. The average Bonchev–Trinajstić information content (AvgIpc) is 2.24. The molecule has 0 aliphatic heterocycles. The first-order valence-electron chi connectivity index (χ1n) is 5.01. The van der Waals surface area contributed by atoms with Gasteiger partial charge in [0.1, 0.15) is 11.8 Å². The van der Waals surface area contributed by atoms with Crippen LogP contribution in [0.3, 0.4) is 0 Å². The van der Waals surface area contributed by atoms with E-state index >= 15 is 0 Å². The second kappa shape index (κ2) is 4.86. The Morgan fingerprint density at radius 2 is 2.19 bits per heavy atom. The van der Waals surface area contributed by atoms with Crippen molar-refractivity contribution in [2.45, 2.75) is 19.4 Å². The highest BCUT2D eigenvalue weighted by molar-refractivity contribution is 5.66. The Balaban J connectivity index is 2.97. The Kier molecular flexibility index (Phi) is 3.75. The first-order chi connectivity index (χ1) is 7.48. The Labute approximate surface area is 95.5 Å². The summed E-state index contributed by atoms with van der Waals surface area (Å²) in [5.41, 5.74) is 0.284. The van der Waals surface area contributed by atoms with Crippen molar-refractivity contribution in [2.24, 2.45) is 0 Å². The van der Waals surface area contributed by atoms with Gasteiger partial charge in [0.2, 0.25) is 0 Å². The Bertz CT molecular complexity index is 402. The number of para-hydroxylation sites is 1. The number of anilines is 1. The van der Waals surface area contributed by atoms with Crippen molar-refractivity contribution >= 4 is 5.69 Å². The monoisotopic (exact) mass is 220 g/mol. The molecule has 1 rings (SSSR count). The zero-order valence-corrected chi connectivity index (χ0v) is 9.74. The molecule has 0 unspecified atom stereocenters. The number of methoxy groups -OCH3 is 1. The fraction of sp³-hybridized carbons (Fsp3) is 0.417. The molecule has 0 aliphatic rings. The van der Waals surface area contributed by atoms with Crippen molar-refractivity contribution < 1.29 is 9.84 Å². The molecule has 0 fully saturated rings. The molecular formula is C12H16N2O2. The lowest BCUT2D eigenvalue weighted by Gasteiger charge is -2.20. The molecule has 0 aromatic heterocycles. The van der Waals surface area contributed by atoms with Gasteiger partial charge < -0.3 is 15.2 Å². The van der Waals surface area contributed by atoms with Crippen LogP contribution >= 0.6 is 0 Å². The van der Waals surface area contributed by atoms with Gasteiger partial charge in [0, 0.05) is 6.54 Å². The minimum atomic E-state index is -0.840. The number of hydrogen-bond donors (Lipinski definition) is 2. The first-order valence-corrected chi connectivity index (χ1v) is 5.01. The van der Waals surface area contributed by atoms with Crippen molar-refractivity contribution in [1.82, 2.24) is 0 Å². The molecule has 4 heteroatoms. The van der Waals surface area contributed by atoms with Crippen LogP contribution in [0.1, 0.15) is 19.4 Å². The standard InChI is InChI=1S/C12H16N2O2/c1-12(2,15)8-14-11-9(7-13)5-4-6-10(11)16-3/h4-6,14-15H,8H2,1-3H3. The first kappa shape index (κ1) is 12.3. The molecule has 0 atom stereocenters. The zero-order chi connectivity index (χ0) is 12.2. The van der Waals surface area contributed by atoms with E-state index in [1.807, 2.05) is 0 Å². The maximum absolute atomic E-state index is 9.62. The molecule has 1 aromatic carbocycles. The number of benzene rings is 1. The molecule has 0 amide bonds. The lowest BCUT2D eigenvalue weighted by molar-refractivity contribution is 0.0945. The smallest absolute Gasteiger partial charge is 0.143 e. The van der Waals surface area contributed by atoms with Gasteiger partial charge >= 0.3 is 0 Å². The van der Waals surface area contributed by atoms with E-state index in [1.54, 1.807) is 39.2 Å². The predicted octanol–water partition coefficient (Wildman–Crippen LogP) is 1.75. The van der Waals surface area contributed by atoms with Crippen LogP contribution in [0.5, 0.6) is 5.75 Å². The van der Waals surface area contributed by atoms with Gasteiger partial charge in [-0.05, 0) is 26.0 Å². The van der Waals surface area contributed by atoms with Crippen molar-refractivity contribution in [3.63, 3.8) is 0 Å². The minimum absolute atomic E-state index is 0.349. The fourth-order valence-corrected chi connectivity index (χ4v) is 1.28. The molecule has 1 aromatic rings. The molecule has 0 bridgehead atoms. The molecule has 0 radical (unpaired) electrons. The zero-order valence-electron chi connectivity index (χ0n) is 9.74. The average molecular weight is 220 g/mol. The summed E-state index contributed by atoms with van der Waals surface area (Å²) >= 11 is 0. The van der Waals surface area contributed by atoms with Crippen LogP contribution in [0.25, 0.3) is 0 Å². The number of nitrogens with one attached hydrogen (secondary N) is 1. The Hall–Kier alpha value is -1.73. The van der Waals surface area contributed by atoms with Crippen molar-refractivity contribution in [1.29, 1.82) is 5.26 Å². The second-order valence-corrected chi connectivity index (χ2v) is 4.16. The highest BCUT2D eigenvalue weighted by Gasteiger charge is 2.15. The number of aliphatic hydroxyl groups is 1.